The zero-order valence-corrected chi connectivity index (χ0v) is 25.2. The Hall–Kier alpha value is -3.51. The molecule has 2 N–H and O–H groups in total. The average molecular weight is 547 g/mol. The lowest BCUT2D eigenvalue weighted by molar-refractivity contribution is 0.144. The fourth-order valence-electron chi connectivity index (χ4n) is 4.82. The smallest absolute Gasteiger partial charge is 0.493 e. The molecule has 0 amide bonds. The van der Waals surface area contributed by atoms with Gasteiger partial charge in [-0.1, -0.05) is 58.9 Å². The van der Waals surface area contributed by atoms with Crippen LogP contribution in [0.1, 0.15) is 66.9 Å². The number of benzene rings is 3. The maximum atomic E-state index is 10.9. The van der Waals surface area contributed by atoms with Crippen LogP contribution in [0, 0.1) is 0 Å². The van der Waals surface area contributed by atoms with Gasteiger partial charge in [-0.3, -0.25) is 0 Å². The lowest BCUT2D eigenvalue weighted by Crippen LogP contribution is -2.26. The maximum Gasteiger partial charge on any atom is 0.511 e. The Morgan fingerprint density at radius 2 is 1.55 bits per heavy atom. The van der Waals surface area contributed by atoms with Crippen molar-refractivity contribution in [1.29, 1.82) is 0 Å². The van der Waals surface area contributed by atoms with Crippen LogP contribution < -0.4 is 19.7 Å². The van der Waals surface area contributed by atoms with Gasteiger partial charge in [-0.05, 0) is 97.3 Å². The molecule has 216 valence electrons. The summed E-state index contributed by atoms with van der Waals surface area (Å²) >= 11 is 0. The Balaban J connectivity index is 2.01. The van der Waals surface area contributed by atoms with Crippen LogP contribution >= 0.6 is 0 Å². The summed E-state index contributed by atoms with van der Waals surface area (Å²) in [5, 5.41) is 12.4. The summed E-state index contributed by atoms with van der Waals surface area (Å²) in [6.07, 6.45) is 0.711. The number of ether oxygens (including phenoxy) is 2. The molecule has 0 heterocycles. The molecule has 0 atom stereocenters. The number of nitrogens with zero attached hydrogens (tertiary/aromatic N) is 1. The van der Waals surface area contributed by atoms with Gasteiger partial charge in [-0.25, -0.2) is 4.79 Å². The van der Waals surface area contributed by atoms with Crippen molar-refractivity contribution in [3.63, 3.8) is 0 Å². The zero-order valence-electron chi connectivity index (χ0n) is 25.2. The highest BCUT2D eigenvalue weighted by Gasteiger charge is 2.22. The number of unbranched alkanes of at least 4 members (excludes halogenated alkanes) is 1. The SMILES string of the molecule is CCN(CC)c1ccc(-c2cc(-c3ccc(OC(=O)O)cc3)ccc2OCCCCNC(C)C)cc1C(C)(C)C. The van der Waals surface area contributed by atoms with Gasteiger partial charge in [0.2, 0.25) is 0 Å². The van der Waals surface area contributed by atoms with Crippen molar-refractivity contribution in [3.05, 3.63) is 66.2 Å². The van der Waals surface area contributed by atoms with Crippen molar-refractivity contribution >= 4 is 11.8 Å². The van der Waals surface area contributed by atoms with Crippen LogP contribution in [0.2, 0.25) is 0 Å². The van der Waals surface area contributed by atoms with E-state index in [1.165, 1.54) is 11.3 Å². The Kier molecular flexibility index (Phi) is 11.0. The summed E-state index contributed by atoms with van der Waals surface area (Å²) < 4.78 is 11.2. The van der Waals surface area contributed by atoms with Gasteiger partial charge in [0.15, 0.2) is 0 Å². The van der Waals surface area contributed by atoms with Crippen molar-refractivity contribution in [2.45, 2.75) is 72.8 Å². The highest BCUT2D eigenvalue weighted by molar-refractivity contribution is 5.80. The molecule has 0 unspecified atom stereocenters. The maximum absolute atomic E-state index is 10.9. The normalized spacial score (nSPS) is 11.5. The minimum absolute atomic E-state index is 0.0318. The molecule has 0 aliphatic carbocycles. The van der Waals surface area contributed by atoms with Gasteiger partial charge in [-0.2, -0.15) is 0 Å². The van der Waals surface area contributed by atoms with Crippen LogP contribution in [0.25, 0.3) is 22.3 Å². The molecule has 3 aromatic carbocycles. The van der Waals surface area contributed by atoms with Crippen LogP contribution in [0.5, 0.6) is 11.5 Å². The molecule has 6 heteroatoms. The quantitative estimate of drug-likeness (QED) is 0.127. The van der Waals surface area contributed by atoms with E-state index in [2.05, 4.69) is 89.0 Å². The first-order valence-electron chi connectivity index (χ1n) is 14.4. The van der Waals surface area contributed by atoms with Crippen molar-refractivity contribution < 1.29 is 19.4 Å². The van der Waals surface area contributed by atoms with E-state index in [4.69, 9.17) is 14.6 Å². The van der Waals surface area contributed by atoms with Crippen LogP contribution in [0.3, 0.4) is 0 Å². The molecule has 0 saturated heterocycles. The van der Waals surface area contributed by atoms with Gasteiger partial charge in [0.1, 0.15) is 11.5 Å². The third-order valence-electron chi connectivity index (χ3n) is 6.97. The Bertz CT molecular complexity index is 1240. The molecule has 0 aliphatic rings. The minimum Gasteiger partial charge on any atom is -0.493 e. The molecule has 3 rings (SSSR count). The Morgan fingerprint density at radius 1 is 0.900 bits per heavy atom. The highest BCUT2D eigenvalue weighted by atomic mass is 16.7. The van der Waals surface area contributed by atoms with Gasteiger partial charge in [0, 0.05) is 30.4 Å². The number of rotatable bonds is 13. The first-order valence-corrected chi connectivity index (χ1v) is 14.4. The molecule has 0 fully saturated rings. The van der Waals surface area contributed by atoms with E-state index >= 15 is 0 Å². The fourth-order valence-corrected chi connectivity index (χ4v) is 4.82. The van der Waals surface area contributed by atoms with Crippen LogP contribution in [-0.2, 0) is 5.41 Å². The summed E-state index contributed by atoms with van der Waals surface area (Å²) in [6.45, 7) is 19.0. The van der Waals surface area contributed by atoms with Crippen molar-refractivity contribution in [3.8, 4) is 33.8 Å². The van der Waals surface area contributed by atoms with Crippen molar-refractivity contribution in [2.24, 2.45) is 0 Å². The highest BCUT2D eigenvalue weighted by Crippen LogP contribution is 2.40. The average Bonchev–Trinajstić information content (AvgIpc) is 2.91. The molecular weight excluding hydrogens is 500 g/mol. The third-order valence-corrected chi connectivity index (χ3v) is 6.97. The molecule has 0 aliphatic heterocycles. The predicted octanol–water partition coefficient (Wildman–Crippen LogP) is 8.38. The zero-order chi connectivity index (χ0) is 29.3. The number of hydrogen-bond donors (Lipinski definition) is 2. The standard InChI is InChI=1S/C34H46N2O4/c1-8-36(9-2)31-18-14-27(23-30(31)34(5,6)7)29-22-26(25-12-16-28(17-13-25)40-33(37)38)15-19-32(29)39-21-11-10-20-35-24(3)4/h12-19,22-24,35H,8-11,20-21H2,1-7H3,(H,37,38). The molecular formula is C34H46N2O4. The predicted molar refractivity (Wildman–Crippen MR) is 166 cm³/mol. The van der Waals surface area contributed by atoms with E-state index in [1.807, 2.05) is 18.2 Å². The van der Waals surface area contributed by atoms with Gasteiger partial charge in [-0.15, -0.1) is 0 Å². The van der Waals surface area contributed by atoms with Gasteiger partial charge in [0.25, 0.3) is 0 Å². The van der Waals surface area contributed by atoms with Gasteiger partial charge >= 0.3 is 6.16 Å². The van der Waals surface area contributed by atoms with Crippen LogP contribution in [0.4, 0.5) is 10.5 Å². The first kappa shape index (κ1) is 31.0. The second-order valence-corrected chi connectivity index (χ2v) is 11.4. The molecule has 3 aromatic rings. The van der Waals surface area contributed by atoms with Gasteiger partial charge in [0.05, 0.1) is 6.61 Å². The summed E-state index contributed by atoms with van der Waals surface area (Å²) in [5.41, 5.74) is 6.70. The van der Waals surface area contributed by atoms with Crippen molar-refractivity contribution in [2.75, 3.05) is 31.1 Å². The molecule has 0 radical (unpaired) electrons. The largest absolute Gasteiger partial charge is 0.511 e. The second kappa shape index (κ2) is 14.2. The summed E-state index contributed by atoms with van der Waals surface area (Å²) in [4.78, 5) is 13.3. The molecule has 0 bridgehead atoms. The summed E-state index contributed by atoms with van der Waals surface area (Å²) in [6, 6.07) is 20.6. The van der Waals surface area contributed by atoms with E-state index in [9.17, 15) is 4.79 Å². The molecule has 0 saturated carbocycles. The van der Waals surface area contributed by atoms with E-state index in [1.54, 1.807) is 12.1 Å². The van der Waals surface area contributed by atoms with Crippen LogP contribution in [0.15, 0.2) is 60.7 Å². The van der Waals surface area contributed by atoms with Crippen molar-refractivity contribution in [1.82, 2.24) is 5.32 Å². The van der Waals surface area contributed by atoms with E-state index in [-0.39, 0.29) is 5.41 Å². The summed E-state index contributed by atoms with van der Waals surface area (Å²) in [5.74, 6) is 1.16. The van der Waals surface area contributed by atoms with E-state index in [0.717, 1.165) is 60.5 Å². The Morgan fingerprint density at radius 3 is 2.15 bits per heavy atom. The monoisotopic (exact) mass is 546 g/mol. The minimum atomic E-state index is -1.32. The van der Waals surface area contributed by atoms with E-state index < -0.39 is 6.16 Å². The molecule has 0 spiro atoms. The lowest BCUT2D eigenvalue weighted by atomic mass is 9.83. The van der Waals surface area contributed by atoms with Gasteiger partial charge < -0.3 is 24.8 Å². The second-order valence-electron chi connectivity index (χ2n) is 11.4. The number of carboxylic acid groups (broad SMARTS) is 1. The Labute approximate surface area is 240 Å². The number of anilines is 1. The molecule has 40 heavy (non-hydrogen) atoms. The van der Waals surface area contributed by atoms with Crippen LogP contribution in [-0.4, -0.2) is 43.5 Å². The van der Waals surface area contributed by atoms with E-state index in [0.29, 0.717) is 18.4 Å². The number of nitrogens with one attached hydrogen (secondary N) is 1. The first-order chi connectivity index (χ1) is 19.0. The lowest BCUT2D eigenvalue weighted by Gasteiger charge is -2.31. The molecule has 6 nitrogen and oxygen atoms in total. The molecule has 0 aromatic heterocycles. The third kappa shape index (κ3) is 8.49. The topological polar surface area (TPSA) is 71.0 Å². The fraction of sp³-hybridized carbons (Fsp3) is 0.441. The number of carbonyl (C=O) groups is 1. The number of hydrogen-bond acceptors (Lipinski definition) is 5. The summed E-state index contributed by atoms with van der Waals surface area (Å²) in [7, 11) is 0.